The van der Waals surface area contributed by atoms with Gasteiger partial charge >= 0.3 is 0 Å². The number of non-ortho nitro benzene ring substituents is 1. The third kappa shape index (κ3) is 2.52. The number of halogens is 1. The van der Waals surface area contributed by atoms with Crippen LogP contribution in [0, 0.1) is 15.9 Å². The fourth-order valence-electron chi connectivity index (χ4n) is 1.91. The van der Waals surface area contributed by atoms with Gasteiger partial charge in [0.05, 0.1) is 17.1 Å². The lowest BCUT2D eigenvalue weighted by molar-refractivity contribution is -0.385. The zero-order valence-corrected chi connectivity index (χ0v) is 9.01. The molecule has 1 aromatic carbocycles. The molecule has 1 fully saturated rings. The Hall–Kier alpha value is -1.69. The van der Waals surface area contributed by atoms with Crippen LogP contribution < -0.4 is 4.74 Å². The summed E-state index contributed by atoms with van der Waals surface area (Å²) in [7, 11) is 0. The highest BCUT2D eigenvalue weighted by Crippen LogP contribution is 2.28. The summed E-state index contributed by atoms with van der Waals surface area (Å²) < 4.78 is 18.8. The number of nitro groups is 1. The highest BCUT2D eigenvalue weighted by molar-refractivity contribution is 5.37. The van der Waals surface area contributed by atoms with Gasteiger partial charge in [-0.1, -0.05) is 0 Å². The van der Waals surface area contributed by atoms with E-state index in [2.05, 4.69) is 0 Å². The van der Waals surface area contributed by atoms with Gasteiger partial charge in [-0.2, -0.15) is 0 Å². The van der Waals surface area contributed by atoms with Gasteiger partial charge in [0, 0.05) is 6.07 Å². The van der Waals surface area contributed by atoms with E-state index in [1.807, 2.05) is 0 Å². The Balaban J connectivity index is 2.14. The second kappa shape index (κ2) is 4.67. The minimum atomic E-state index is -0.779. The average molecular weight is 241 g/mol. The third-order valence-corrected chi connectivity index (χ3v) is 2.82. The first-order valence-corrected chi connectivity index (χ1v) is 5.36. The molecule has 2 rings (SSSR count). The molecule has 0 spiro atoms. The second-order valence-electron chi connectivity index (χ2n) is 4.03. The molecule has 2 atom stereocenters. The predicted molar refractivity (Wildman–Crippen MR) is 57.3 cm³/mol. The predicted octanol–water partition coefficient (Wildman–Crippen LogP) is 2.03. The van der Waals surface area contributed by atoms with Crippen molar-refractivity contribution < 1.29 is 19.2 Å². The average Bonchev–Trinajstić information content (AvgIpc) is 2.67. The van der Waals surface area contributed by atoms with Crippen LogP contribution >= 0.6 is 0 Å². The smallest absolute Gasteiger partial charge is 0.272 e. The molecule has 0 radical (unpaired) electrons. The maximum atomic E-state index is 13.5. The molecule has 0 unspecified atom stereocenters. The number of ether oxygens (including phenoxy) is 1. The maximum Gasteiger partial charge on any atom is 0.272 e. The number of aliphatic hydroxyl groups excluding tert-OH is 1. The number of hydrogen-bond acceptors (Lipinski definition) is 4. The normalized spacial score (nSPS) is 23.6. The Kier molecular flexibility index (Phi) is 3.23. The highest BCUT2D eigenvalue weighted by atomic mass is 19.1. The molecule has 0 saturated heterocycles. The number of benzene rings is 1. The number of nitrogens with zero attached hydrogens (tertiary/aromatic N) is 1. The summed E-state index contributed by atoms with van der Waals surface area (Å²) >= 11 is 0. The first-order chi connectivity index (χ1) is 8.08. The van der Waals surface area contributed by atoms with Crippen molar-refractivity contribution >= 4 is 5.69 Å². The van der Waals surface area contributed by atoms with E-state index in [0.717, 1.165) is 12.5 Å². The van der Waals surface area contributed by atoms with Gasteiger partial charge in [0.1, 0.15) is 6.10 Å². The van der Waals surface area contributed by atoms with E-state index in [1.165, 1.54) is 12.1 Å². The topological polar surface area (TPSA) is 72.6 Å². The molecule has 0 bridgehead atoms. The number of rotatable bonds is 3. The first kappa shape index (κ1) is 11.8. The summed E-state index contributed by atoms with van der Waals surface area (Å²) in [6.07, 6.45) is 1.12. The van der Waals surface area contributed by atoms with E-state index in [9.17, 15) is 19.6 Å². The highest BCUT2D eigenvalue weighted by Gasteiger charge is 2.28. The molecule has 1 aromatic rings. The summed E-state index contributed by atoms with van der Waals surface area (Å²) in [6.45, 7) is 0. The molecule has 1 N–H and O–H groups in total. The van der Waals surface area contributed by atoms with Gasteiger partial charge in [-0.15, -0.1) is 0 Å². The molecular formula is C11H12FNO4. The number of aliphatic hydroxyl groups is 1. The van der Waals surface area contributed by atoms with Crippen LogP contribution in [0.1, 0.15) is 19.3 Å². The van der Waals surface area contributed by atoms with Gasteiger partial charge in [0.15, 0.2) is 11.6 Å². The maximum absolute atomic E-state index is 13.5. The van der Waals surface area contributed by atoms with Crippen molar-refractivity contribution in [1.29, 1.82) is 0 Å². The standard InChI is InChI=1S/C11H12FNO4/c12-8-6-7(13(15)16)4-5-10(8)17-11-3-1-2-9(11)14/h4-6,9,11,14H,1-3H2/t9-,11-/m1/s1. The van der Waals surface area contributed by atoms with E-state index in [4.69, 9.17) is 4.74 Å². The number of hydrogen-bond donors (Lipinski definition) is 1. The minimum absolute atomic E-state index is 0.0541. The van der Waals surface area contributed by atoms with Gasteiger partial charge in [-0.25, -0.2) is 4.39 Å². The van der Waals surface area contributed by atoms with Crippen molar-refractivity contribution in [3.05, 3.63) is 34.1 Å². The van der Waals surface area contributed by atoms with Crippen LogP contribution in [-0.4, -0.2) is 22.2 Å². The van der Waals surface area contributed by atoms with Gasteiger partial charge in [0.25, 0.3) is 5.69 Å². The van der Waals surface area contributed by atoms with Crippen molar-refractivity contribution in [2.45, 2.75) is 31.5 Å². The summed E-state index contributed by atoms with van der Waals surface area (Å²) in [5, 5.41) is 19.9. The fraction of sp³-hybridized carbons (Fsp3) is 0.455. The molecule has 17 heavy (non-hydrogen) atoms. The zero-order valence-electron chi connectivity index (χ0n) is 9.01. The lowest BCUT2D eigenvalue weighted by Crippen LogP contribution is -2.25. The molecule has 1 aliphatic carbocycles. The SMILES string of the molecule is O=[N+]([O-])c1ccc(O[C@@H]2CCC[C@H]2O)c(F)c1. The minimum Gasteiger partial charge on any atom is -0.485 e. The molecule has 92 valence electrons. The number of nitro benzene ring substituents is 1. The second-order valence-corrected chi connectivity index (χ2v) is 4.03. The van der Waals surface area contributed by atoms with Crippen LogP contribution in [0.5, 0.6) is 5.75 Å². The summed E-state index contributed by atoms with van der Waals surface area (Å²) in [4.78, 5) is 9.75. The Morgan fingerprint density at radius 3 is 2.76 bits per heavy atom. The molecule has 0 aromatic heterocycles. The van der Waals surface area contributed by atoms with Crippen LogP contribution in [0.2, 0.25) is 0 Å². The van der Waals surface area contributed by atoms with Crippen molar-refractivity contribution in [1.82, 2.24) is 0 Å². The molecule has 1 saturated carbocycles. The Morgan fingerprint density at radius 2 is 2.24 bits per heavy atom. The van der Waals surface area contributed by atoms with Crippen LogP contribution in [0.25, 0.3) is 0 Å². The van der Waals surface area contributed by atoms with E-state index in [1.54, 1.807) is 0 Å². The van der Waals surface area contributed by atoms with Crippen LogP contribution in [0.4, 0.5) is 10.1 Å². The van der Waals surface area contributed by atoms with E-state index in [0.29, 0.717) is 12.8 Å². The molecule has 5 nitrogen and oxygen atoms in total. The molecule has 0 heterocycles. The van der Waals surface area contributed by atoms with Crippen molar-refractivity contribution in [2.24, 2.45) is 0 Å². The third-order valence-electron chi connectivity index (χ3n) is 2.82. The zero-order chi connectivity index (χ0) is 12.4. The van der Waals surface area contributed by atoms with E-state index < -0.39 is 22.9 Å². The largest absolute Gasteiger partial charge is 0.485 e. The summed E-state index contributed by atoms with van der Waals surface area (Å²) in [5.41, 5.74) is -0.318. The lowest BCUT2D eigenvalue weighted by atomic mass is 10.2. The molecule has 0 amide bonds. The molecule has 0 aliphatic heterocycles. The van der Waals surface area contributed by atoms with Crippen LogP contribution in [0.15, 0.2) is 18.2 Å². The van der Waals surface area contributed by atoms with Crippen LogP contribution in [0.3, 0.4) is 0 Å². The molecule has 1 aliphatic rings. The van der Waals surface area contributed by atoms with E-state index >= 15 is 0 Å². The van der Waals surface area contributed by atoms with Gasteiger partial charge in [-0.05, 0) is 25.3 Å². The van der Waals surface area contributed by atoms with Gasteiger partial charge in [-0.3, -0.25) is 10.1 Å². The fourth-order valence-corrected chi connectivity index (χ4v) is 1.91. The quantitative estimate of drug-likeness (QED) is 0.649. The van der Waals surface area contributed by atoms with Crippen molar-refractivity contribution in [3.63, 3.8) is 0 Å². The van der Waals surface area contributed by atoms with Gasteiger partial charge < -0.3 is 9.84 Å². The van der Waals surface area contributed by atoms with E-state index in [-0.39, 0.29) is 11.4 Å². The summed E-state index contributed by atoms with van der Waals surface area (Å²) in [5.74, 6) is -0.833. The lowest BCUT2D eigenvalue weighted by Gasteiger charge is -2.17. The first-order valence-electron chi connectivity index (χ1n) is 5.36. The Labute approximate surface area is 97.0 Å². The molecule has 6 heteroatoms. The van der Waals surface area contributed by atoms with Crippen molar-refractivity contribution in [2.75, 3.05) is 0 Å². The Morgan fingerprint density at radius 1 is 1.47 bits per heavy atom. The Bertz CT molecular complexity index is 437. The van der Waals surface area contributed by atoms with Gasteiger partial charge in [0.2, 0.25) is 0 Å². The molecular weight excluding hydrogens is 229 g/mol. The van der Waals surface area contributed by atoms with Crippen molar-refractivity contribution in [3.8, 4) is 5.75 Å². The monoisotopic (exact) mass is 241 g/mol. The van der Waals surface area contributed by atoms with Crippen LogP contribution in [-0.2, 0) is 0 Å². The summed E-state index contributed by atoms with van der Waals surface area (Å²) in [6, 6.07) is 3.22.